The average molecular weight is 242 g/mol. The molecule has 0 unspecified atom stereocenters. The molecule has 2 heteroatoms. The second kappa shape index (κ2) is 4.04. The van der Waals surface area contributed by atoms with Crippen LogP contribution in [-0.4, -0.2) is 9.97 Å². The molecular formula is C16H22N2. The molecule has 2 nitrogen and oxygen atoms in total. The Morgan fingerprint density at radius 3 is 2.11 bits per heavy atom. The predicted octanol–water partition coefficient (Wildman–Crippen LogP) is 4.22. The molecule has 0 fully saturated rings. The number of hydrogen-bond donors (Lipinski definition) is 0. The third-order valence-corrected chi connectivity index (χ3v) is 3.15. The van der Waals surface area contributed by atoms with E-state index in [4.69, 9.17) is 4.98 Å². The second-order valence-corrected chi connectivity index (χ2v) is 6.93. The van der Waals surface area contributed by atoms with Crippen molar-refractivity contribution in [3.05, 3.63) is 35.7 Å². The zero-order valence-corrected chi connectivity index (χ0v) is 12.2. The van der Waals surface area contributed by atoms with E-state index in [9.17, 15) is 0 Å². The van der Waals surface area contributed by atoms with Gasteiger partial charge in [-0.3, -0.25) is 4.98 Å². The maximum atomic E-state index is 4.76. The van der Waals surface area contributed by atoms with Crippen molar-refractivity contribution < 1.29 is 0 Å². The Balaban J connectivity index is 2.68. The van der Waals surface area contributed by atoms with Gasteiger partial charge in [-0.1, -0.05) is 53.7 Å². The van der Waals surface area contributed by atoms with Crippen LogP contribution in [0.3, 0.4) is 0 Å². The third-order valence-electron chi connectivity index (χ3n) is 3.15. The van der Waals surface area contributed by atoms with Gasteiger partial charge in [0.1, 0.15) is 0 Å². The van der Waals surface area contributed by atoms with E-state index in [1.165, 1.54) is 5.56 Å². The zero-order valence-electron chi connectivity index (χ0n) is 12.2. The Kier molecular flexibility index (Phi) is 2.92. The van der Waals surface area contributed by atoms with E-state index in [0.29, 0.717) is 0 Å². The fourth-order valence-corrected chi connectivity index (χ4v) is 2.01. The molecule has 0 spiro atoms. The first kappa shape index (κ1) is 13.0. The summed E-state index contributed by atoms with van der Waals surface area (Å²) in [4.78, 5) is 9.41. The van der Waals surface area contributed by atoms with E-state index in [0.717, 1.165) is 16.7 Å². The first-order valence-electron chi connectivity index (χ1n) is 6.46. The lowest BCUT2D eigenvalue weighted by atomic mass is 9.86. The first-order chi connectivity index (χ1) is 8.19. The van der Waals surface area contributed by atoms with Crippen molar-refractivity contribution in [2.24, 2.45) is 0 Å². The molecular weight excluding hydrogens is 220 g/mol. The van der Waals surface area contributed by atoms with Crippen LogP contribution in [0.4, 0.5) is 0 Å². The van der Waals surface area contributed by atoms with Gasteiger partial charge >= 0.3 is 0 Å². The highest BCUT2D eigenvalue weighted by atomic mass is 14.8. The predicted molar refractivity (Wildman–Crippen MR) is 76.9 cm³/mol. The van der Waals surface area contributed by atoms with Gasteiger partial charge in [-0.25, -0.2) is 4.98 Å². The largest absolute Gasteiger partial charge is 0.252 e. The van der Waals surface area contributed by atoms with E-state index in [2.05, 4.69) is 58.7 Å². The van der Waals surface area contributed by atoms with Crippen LogP contribution in [0.2, 0.25) is 0 Å². The summed E-state index contributed by atoms with van der Waals surface area (Å²) in [5.74, 6) is 0. The van der Waals surface area contributed by atoms with E-state index in [1.54, 1.807) is 0 Å². The van der Waals surface area contributed by atoms with Gasteiger partial charge < -0.3 is 0 Å². The summed E-state index contributed by atoms with van der Waals surface area (Å²) in [6.07, 6.45) is 1.91. The molecule has 0 aliphatic heterocycles. The summed E-state index contributed by atoms with van der Waals surface area (Å²) in [5, 5.41) is 0. The van der Waals surface area contributed by atoms with Crippen molar-refractivity contribution in [2.45, 2.75) is 52.4 Å². The SMILES string of the molecule is CC(C)(C)c1cnc2c(C(C)(C)C)cccc2n1. The molecule has 0 radical (unpaired) electrons. The minimum Gasteiger partial charge on any atom is -0.252 e. The van der Waals surface area contributed by atoms with Gasteiger partial charge in [0, 0.05) is 11.6 Å². The minimum absolute atomic E-state index is 0.0406. The summed E-state index contributed by atoms with van der Waals surface area (Å²) < 4.78 is 0. The molecule has 0 amide bonds. The van der Waals surface area contributed by atoms with Crippen LogP contribution in [0, 0.1) is 0 Å². The number of nitrogens with zero attached hydrogens (tertiary/aromatic N) is 2. The monoisotopic (exact) mass is 242 g/mol. The Hall–Kier alpha value is -1.44. The van der Waals surface area contributed by atoms with Gasteiger partial charge in [0.15, 0.2) is 0 Å². The van der Waals surface area contributed by atoms with Crippen molar-refractivity contribution in [1.29, 1.82) is 0 Å². The molecule has 1 aromatic carbocycles. The van der Waals surface area contributed by atoms with Gasteiger partial charge in [-0.2, -0.15) is 0 Å². The van der Waals surface area contributed by atoms with E-state index < -0.39 is 0 Å². The summed E-state index contributed by atoms with van der Waals surface area (Å²) in [7, 11) is 0. The Labute approximate surface area is 109 Å². The van der Waals surface area contributed by atoms with Crippen LogP contribution in [0.25, 0.3) is 11.0 Å². The fraction of sp³-hybridized carbons (Fsp3) is 0.500. The molecule has 2 rings (SSSR count). The molecule has 0 saturated heterocycles. The minimum atomic E-state index is 0.0406. The Morgan fingerprint density at radius 1 is 0.889 bits per heavy atom. The van der Waals surface area contributed by atoms with Crippen molar-refractivity contribution in [3.63, 3.8) is 0 Å². The number of para-hydroxylation sites is 1. The number of fused-ring (bicyclic) bond motifs is 1. The van der Waals surface area contributed by atoms with Crippen LogP contribution >= 0.6 is 0 Å². The molecule has 2 aromatic rings. The maximum absolute atomic E-state index is 4.76. The smallest absolute Gasteiger partial charge is 0.0924 e. The van der Waals surface area contributed by atoms with Crippen LogP contribution in [0.1, 0.15) is 52.8 Å². The van der Waals surface area contributed by atoms with Gasteiger partial charge in [-0.05, 0) is 17.0 Å². The van der Waals surface area contributed by atoms with E-state index in [-0.39, 0.29) is 10.8 Å². The molecule has 0 atom stereocenters. The normalized spacial score (nSPS) is 13.0. The standard InChI is InChI=1S/C16H22N2/c1-15(2,3)11-8-7-9-12-14(11)17-10-13(18-12)16(4,5)6/h7-10H,1-6H3. The number of hydrogen-bond acceptors (Lipinski definition) is 2. The quantitative estimate of drug-likeness (QED) is 0.691. The molecule has 0 aliphatic carbocycles. The van der Waals surface area contributed by atoms with Gasteiger partial charge in [0.05, 0.1) is 16.7 Å². The molecule has 0 saturated carbocycles. The lowest BCUT2D eigenvalue weighted by molar-refractivity contribution is 0.567. The maximum Gasteiger partial charge on any atom is 0.0924 e. The highest BCUT2D eigenvalue weighted by Crippen LogP contribution is 2.29. The Morgan fingerprint density at radius 2 is 1.56 bits per heavy atom. The van der Waals surface area contributed by atoms with E-state index >= 15 is 0 Å². The topological polar surface area (TPSA) is 25.8 Å². The molecule has 0 aliphatic rings. The zero-order chi connectivity index (χ0) is 13.6. The number of benzene rings is 1. The van der Waals surface area contributed by atoms with Crippen LogP contribution in [0.15, 0.2) is 24.4 Å². The second-order valence-electron chi connectivity index (χ2n) is 6.93. The van der Waals surface area contributed by atoms with Crippen molar-refractivity contribution in [1.82, 2.24) is 9.97 Å². The molecule has 0 bridgehead atoms. The van der Waals surface area contributed by atoms with Crippen molar-refractivity contribution >= 4 is 11.0 Å². The van der Waals surface area contributed by atoms with Crippen LogP contribution in [-0.2, 0) is 10.8 Å². The number of rotatable bonds is 0. The molecule has 0 N–H and O–H groups in total. The third kappa shape index (κ3) is 2.38. The van der Waals surface area contributed by atoms with Crippen LogP contribution < -0.4 is 0 Å². The first-order valence-corrected chi connectivity index (χ1v) is 6.46. The highest BCUT2D eigenvalue weighted by molar-refractivity contribution is 5.79. The molecule has 18 heavy (non-hydrogen) atoms. The van der Waals surface area contributed by atoms with Gasteiger partial charge in [-0.15, -0.1) is 0 Å². The molecule has 1 heterocycles. The number of aromatic nitrogens is 2. The summed E-state index contributed by atoms with van der Waals surface area (Å²) in [5.41, 5.74) is 4.46. The average Bonchev–Trinajstić information content (AvgIpc) is 2.25. The van der Waals surface area contributed by atoms with Crippen LogP contribution in [0.5, 0.6) is 0 Å². The summed E-state index contributed by atoms with van der Waals surface area (Å²) in [6.45, 7) is 13.1. The van der Waals surface area contributed by atoms with Crippen molar-refractivity contribution in [3.8, 4) is 0 Å². The summed E-state index contributed by atoms with van der Waals surface area (Å²) in [6, 6.07) is 6.27. The lowest BCUT2D eigenvalue weighted by Gasteiger charge is -2.22. The molecule has 96 valence electrons. The highest BCUT2D eigenvalue weighted by Gasteiger charge is 2.20. The summed E-state index contributed by atoms with van der Waals surface area (Å²) >= 11 is 0. The Bertz CT molecular complexity index is 572. The fourth-order valence-electron chi connectivity index (χ4n) is 2.01. The van der Waals surface area contributed by atoms with E-state index in [1.807, 2.05) is 12.3 Å². The lowest BCUT2D eigenvalue weighted by Crippen LogP contribution is -2.16. The van der Waals surface area contributed by atoms with Gasteiger partial charge in [0.2, 0.25) is 0 Å². The molecule has 1 aromatic heterocycles. The van der Waals surface area contributed by atoms with Crippen molar-refractivity contribution in [2.75, 3.05) is 0 Å². The van der Waals surface area contributed by atoms with Gasteiger partial charge in [0.25, 0.3) is 0 Å².